The molecule has 2 nitrogen and oxygen atoms in total. The summed E-state index contributed by atoms with van der Waals surface area (Å²) in [6, 6.07) is 8.96. The summed E-state index contributed by atoms with van der Waals surface area (Å²) >= 11 is 0. The summed E-state index contributed by atoms with van der Waals surface area (Å²) in [4.78, 5) is 0. The SMILES string of the molecule is CCC(N)Cc1ccc(Oc2ccc(F)cc2C)c(F)c1. The van der Waals surface area contributed by atoms with Crippen LogP contribution in [0.4, 0.5) is 8.78 Å². The van der Waals surface area contributed by atoms with Crippen LogP contribution < -0.4 is 10.5 Å². The highest BCUT2D eigenvalue weighted by molar-refractivity contribution is 5.39. The van der Waals surface area contributed by atoms with E-state index in [9.17, 15) is 8.78 Å². The molecular formula is C17H19F2NO. The number of hydrogen-bond acceptors (Lipinski definition) is 2. The van der Waals surface area contributed by atoms with Crippen molar-refractivity contribution in [1.29, 1.82) is 0 Å². The average molecular weight is 291 g/mol. The number of rotatable bonds is 5. The molecule has 2 aromatic carbocycles. The van der Waals surface area contributed by atoms with Crippen LogP contribution in [0.15, 0.2) is 36.4 Å². The lowest BCUT2D eigenvalue weighted by Gasteiger charge is -2.12. The molecule has 0 radical (unpaired) electrons. The molecule has 0 amide bonds. The molecule has 4 heteroatoms. The maximum atomic E-state index is 14.1. The zero-order valence-electron chi connectivity index (χ0n) is 12.2. The van der Waals surface area contributed by atoms with Gasteiger partial charge in [0.05, 0.1) is 0 Å². The van der Waals surface area contributed by atoms with Gasteiger partial charge in [0.2, 0.25) is 0 Å². The van der Waals surface area contributed by atoms with Gasteiger partial charge >= 0.3 is 0 Å². The molecule has 0 aromatic heterocycles. The summed E-state index contributed by atoms with van der Waals surface area (Å²) in [7, 11) is 0. The normalized spacial score (nSPS) is 12.2. The molecule has 0 spiro atoms. The third-order valence-electron chi connectivity index (χ3n) is 3.38. The molecule has 0 heterocycles. The first-order valence-corrected chi connectivity index (χ1v) is 6.97. The Morgan fingerprint density at radius 2 is 1.81 bits per heavy atom. The van der Waals surface area contributed by atoms with Crippen LogP contribution in [0.5, 0.6) is 11.5 Å². The van der Waals surface area contributed by atoms with E-state index in [0.717, 1.165) is 12.0 Å². The number of benzene rings is 2. The van der Waals surface area contributed by atoms with E-state index in [1.165, 1.54) is 24.3 Å². The first-order chi connectivity index (χ1) is 9.99. The van der Waals surface area contributed by atoms with Crippen LogP contribution in [0.2, 0.25) is 0 Å². The Labute approximate surface area is 123 Å². The molecule has 112 valence electrons. The van der Waals surface area contributed by atoms with Gasteiger partial charge in [-0.05, 0) is 61.2 Å². The molecule has 0 aliphatic rings. The van der Waals surface area contributed by atoms with Gasteiger partial charge in [-0.3, -0.25) is 0 Å². The lowest BCUT2D eigenvalue weighted by Crippen LogP contribution is -2.21. The standard InChI is InChI=1S/C17H19F2NO/c1-3-14(20)9-12-4-6-17(15(19)10-12)21-16-7-5-13(18)8-11(16)2/h4-8,10,14H,3,9,20H2,1-2H3. The Hall–Kier alpha value is -1.94. The summed E-state index contributed by atoms with van der Waals surface area (Å²) in [5, 5.41) is 0. The predicted octanol–water partition coefficient (Wildman–Crippen LogP) is 4.35. The molecule has 0 fully saturated rings. The van der Waals surface area contributed by atoms with Crippen molar-refractivity contribution < 1.29 is 13.5 Å². The van der Waals surface area contributed by atoms with Gasteiger partial charge in [-0.1, -0.05) is 13.0 Å². The van der Waals surface area contributed by atoms with E-state index in [1.807, 2.05) is 6.92 Å². The lowest BCUT2D eigenvalue weighted by molar-refractivity contribution is 0.437. The lowest BCUT2D eigenvalue weighted by atomic mass is 10.0. The van der Waals surface area contributed by atoms with Crippen LogP contribution in [-0.4, -0.2) is 6.04 Å². The summed E-state index contributed by atoms with van der Waals surface area (Å²) < 4.78 is 32.6. The van der Waals surface area contributed by atoms with E-state index in [4.69, 9.17) is 10.5 Å². The second-order valence-electron chi connectivity index (χ2n) is 5.15. The topological polar surface area (TPSA) is 35.2 Å². The quantitative estimate of drug-likeness (QED) is 0.889. The largest absolute Gasteiger partial charge is 0.454 e. The van der Waals surface area contributed by atoms with Crippen molar-refractivity contribution in [3.8, 4) is 11.5 Å². The highest BCUT2D eigenvalue weighted by atomic mass is 19.1. The van der Waals surface area contributed by atoms with Gasteiger partial charge < -0.3 is 10.5 Å². The monoisotopic (exact) mass is 291 g/mol. The Balaban J connectivity index is 2.17. The zero-order chi connectivity index (χ0) is 15.4. The Morgan fingerprint density at radius 1 is 1.10 bits per heavy atom. The van der Waals surface area contributed by atoms with Crippen molar-refractivity contribution in [2.45, 2.75) is 32.7 Å². The van der Waals surface area contributed by atoms with Crippen molar-refractivity contribution in [3.05, 3.63) is 59.2 Å². The van der Waals surface area contributed by atoms with Gasteiger partial charge in [-0.15, -0.1) is 0 Å². The van der Waals surface area contributed by atoms with Crippen LogP contribution in [0, 0.1) is 18.6 Å². The van der Waals surface area contributed by atoms with Crippen LogP contribution in [0.25, 0.3) is 0 Å². The van der Waals surface area contributed by atoms with Crippen LogP contribution >= 0.6 is 0 Å². The van der Waals surface area contributed by atoms with Crippen molar-refractivity contribution >= 4 is 0 Å². The number of hydrogen-bond donors (Lipinski definition) is 1. The fraction of sp³-hybridized carbons (Fsp3) is 0.294. The molecule has 21 heavy (non-hydrogen) atoms. The maximum Gasteiger partial charge on any atom is 0.165 e. The second kappa shape index (κ2) is 6.68. The number of halogens is 2. The fourth-order valence-electron chi connectivity index (χ4n) is 2.05. The molecule has 2 aromatic rings. The van der Waals surface area contributed by atoms with E-state index < -0.39 is 5.82 Å². The van der Waals surface area contributed by atoms with Gasteiger partial charge in [0.25, 0.3) is 0 Å². The summed E-state index contributed by atoms with van der Waals surface area (Å²) in [6.45, 7) is 3.71. The van der Waals surface area contributed by atoms with Gasteiger partial charge in [-0.2, -0.15) is 0 Å². The molecule has 0 saturated heterocycles. The fourth-order valence-corrected chi connectivity index (χ4v) is 2.05. The molecule has 0 aliphatic heterocycles. The van der Waals surface area contributed by atoms with Crippen molar-refractivity contribution in [1.82, 2.24) is 0 Å². The molecule has 0 bridgehead atoms. The molecule has 0 aliphatic carbocycles. The Morgan fingerprint density at radius 3 is 2.43 bits per heavy atom. The van der Waals surface area contributed by atoms with Gasteiger partial charge in [-0.25, -0.2) is 8.78 Å². The molecule has 2 rings (SSSR count). The highest BCUT2D eigenvalue weighted by Crippen LogP contribution is 2.28. The zero-order valence-corrected chi connectivity index (χ0v) is 12.2. The summed E-state index contributed by atoms with van der Waals surface area (Å²) in [5.41, 5.74) is 7.32. The Kier molecular flexibility index (Phi) is 4.91. The second-order valence-corrected chi connectivity index (χ2v) is 5.15. The summed E-state index contributed by atoms with van der Waals surface area (Å²) in [5.74, 6) is -0.226. The van der Waals surface area contributed by atoms with Crippen LogP contribution in [-0.2, 0) is 6.42 Å². The van der Waals surface area contributed by atoms with E-state index >= 15 is 0 Å². The minimum atomic E-state index is -0.445. The average Bonchev–Trinajstić information content (AvgIpc) is 2.44. The molecule has 2 N–H and O–H groups in total. The van der Waals surface area contributed by atoms with E-state index in [0.29, 0.717) is 17.7 Å². The van der Waals surface area contributed by atoms with Crippen LogP contribution in [0.3, 0.4) is 0 Å². The summed E-state index contributed by atoms with van der Waals surface area (Å²) in [6.07, 6.45) is 1.47. The van der Waals surface area contributed by atoms with Crippen LogP contribution in [0.1, 0.15) is 24.5 Å². The highest BCUT2D eigenvalue weighted by Gasteiger charge is 2.10. The number of nitrogens with two attached hydrogens (primary N) is 1. The maximum absolute atomic E-state index is 14.1. The first-order valence-electron chi connectivity index (χ1n) is 6.97. The minimum absolute atomic E-state index is 0.0236. The van der Waals surface area contributed by atoms with Gasteiger partial charge in [0.15, 0.2) is 11.6 Å². The Bertz CT molecular complexity index is 628. The van der Waals surface area contributed by atoms with Gasteiger partial charge in [0, 0.05) is 6.04 Å². The van der Waals surface area contributed by atoms with Crippen molar-refractivity contribution in [2.75, 3.05) is 0 Å². The van der Waals surface area contributed by atoms with E-state index in [2.05, 4.69) is 0 Å². The molecule has 1 atom stereocenters. The number of aryl methyl sites for hydroxylation is 1. The third-order valence-corrected chi connectivity index (χ3v) is 3.38. The number of ether oxygens (including phenoxy) is 1. The minimum Gasteiger partial charge on any atom is -0.454 e. The van der Waals surface area contributed by atoms with Gasteiger partial charge in [0.1, 0.15) is 11.6 Å². The van der Waals surface area contributed by atoms with E-state index in [1.54, 1.807) is 19.1 Å². The van der Waals surface area contributed by atoms with E-state index in [-0.39, 0.29) is 17.6 Å². The molecule has 0 saturated carbocycles. The first kappa shape index (κ1) is 15.4. The molecular weight excluding hydrogens is 272 g/mol. The smallest absolute Gasteiger partial charge is 0.165 e. The van der Waals surface area contributed by atoms with Crippen molar-refractivity contribution in [3.63, 3.8) is 0 Å². The van der Waals surface area contributed by atoms with Crippen molar-refractivity contribution in [2.24, 2.45) is 5.73 Å². The third kappa shape index (κ3) is 4.02. The molecule has 1 unspecified atom stereocenters. The predicted molar refractivity (Wildman–Crippen MR) is 79.6 cm³/mol.